The summed E-state index contributed by atoms with van der Waals surface area (Å²) in [5, 5.41) is 15.3. The highest BCUT2D eigenvalue weighted by Gasteiger charge is 2.26. The van der Waals surface area contributed by atoms with Crippen LogP contribution in [0.5, 0.6) is 0 Å². The van der Waals surface area contributed by atoms with Crippen molar-refractivity contribution < 1.29 is 19.5 Å². The van der Waals surface area contributed by atoms with Crippen LogP contribution in [0.15, 0.2) is 24.3 Å². The van der Waals surface area contributed by atoms with Gasteiger partial charge >= 0.3 is 5.97 Å². The van der Waals surface area contributed by atoms with Gasteiger partial charge in [0.15, 0.2) is 0 Å². The average molecular weight is 380 g/mol. The summed E-state index contributed by atoms with van der Waals surface area (Å²) < 4.78 is 1.74. The molecule has 0 unspecified atom stereocenters. The predicted octanol–water partition coefficient (Wildman–Crippen LogP) is 2.18. The first-order valence-corrected chi connectivity index (χ1v) is 8.64. The normalized spacial score (nSPS) is 12.2. The molecule has 0 aliphatic carbocycles. The lowest BCUT2D eigenvalue weighted by Gasteiger charge is -2.21. The molecule has 0 radical (unpaired) electrons. The minimum Gasteiger partial charge on any atom is -0.481 e. The van der Waals surface area contributed by atoms with E-state index in [9.17, 15) is 14.4 Å². The number of amides is 2. The van der Waals surface area contributed by atoms with E-state index in [4.69, 9.17) is 16.7 Å². The summed E-state index contributed by atoms with van der Waals surface area (Å²) in [6.45, 7) is 3.63. The molecule has 0 saturated carbocycles. The number of carbonyl (C=O) groups is 3. The van der Waals surface area contributed by atoms with Gasteiger partial charge in [0.05, 0.1) is 6.42 Å². The van der Waals surface area contributed by atoms with E-state index in [1.54, 1.807) is 29.8 Å². The van der Waals surface area contributed by atoms with Crippen LogP contribution in [0.3, 0.4) is 0 Å². The van der Waals surface area contributed by atoms with Crippen molar-refractivity contribution in [1.29, 1.82) is 0 Å². The van der Waals surface area contributed by atoms with Gasteiger partial charge in [0.1, 0.15) is 11.7 Å². The number of rotatable bonds is 7. The van der Waals surface area contributed by atoms with E-state index in [0.29, 0.717) is 10.7 Å². The lowest BCUT2D eigenvalue weighted by molar-refractivity contribution is -0.137. The number of nitrogens with one attached hydrogen (secondary N) is 2. The maximum atomic E-state index is 12.7. The molecule has 140 valence electrons. The van der Waals surface area contributed by atoms with Gasteiger partial charge in [-0.2, -0.15) is 0 Å². The number of halogens is 1. The highest BCUT2D eigenvalue weighted by molar-refractivity contribution is 6.31. The van der Waals surface area contributed by atoms with Crippen LogP contribution in [0.25, 0.3) is 10.9 Å². The van der Waals surface area contributed by atoms with Crippen LogP contribution in [-0.2, 0) is 16.6 Å². The highest BCUT2D eigenvalue weighted by Crippen LogP contribution is 2.22. The number of hydrogen-bond acceptors (Lipinski definition) is 3. The molecule has 1 heterocycles. The fraction of sp³-hybridized carbons (Fsp3) is 0.389. The third-order valence-corrected chi connectivity index (χ3v) is 4.35. The van der Waals surface area contributed by atoms with E-state index in [0.717, 1.165) is 10.9 Å². The Labute approximate surface area is 156 Å². The van der Waals surface area contributed by atoms with Crippen LogP contribution in [-0.4, -0.2) is 40.0 Å². The Balaban J connectivity index is 2.16. The largest absolute Gasteiger partial charge is 0.481 e. The van der Waals surface area contributed by atoms with Crippen LogP contribution in [0.2, 0.25) is 5.02 Å². The van der Waals surface area contributed by atoms with Gasteiger partial charge in [-0.25, -0.2) is 0 Å². The fourth-order valence-corrected chi connectivity index (χ4v) is 2.87. The number of carboxylic acid groups (broad SMARTS) is 1. The quantitative estimate of drug-likeness (QED) is 0.686. The summed E-state index contributed by atoms with van der Waals surface area (Å²) in [7, 11) is 1.77. The Bertz CT molecular complexity index is 844. The molecule has 0 fully saturated rings. The zero-order valence-corrected chi connectivity index (χ0v) is 15.6. The molecule has 3 N–H and O–H groups in total. The topological polar surface area (TPSA) is 100 Å². The number of aromatic nitrogens is 1. The molecule has 7 nitrogen and oxygen atoms in total. The standard InChI is InChI=1S/C18H22ClN3O4/c1-10(2)16(18(26)20-7-6-15(23)24)21-17(25)14-9-11-8-12(19)4-5-13(11)22(14)3/h4-5,8-10,16H,6-7H2,1-3H3,(H,20,26)(H,21,25)(H,23,24)/t16-/m0/s1. The second kappa shape index (κ2) is 8.23. The third-order valence-electron chi connectivity index (χ3n) is 4.11. The molecule has 0 spiro atoms. The lowest BCUT2D eigenvalue weighted by atomic mass is 10.0. The van der Waals surface area contributed by atoms with Crippen molar-refractivity contribution in [3.05, 3.63) is 35.0 Å². The molecule has 0 aliphatic rings. The number of hydrogen-bond donors (Lipinski definition) is 3. The van der Waals surface area contributed by atoms with Crippen molar-refractivity contribution in [3.63, 3.8) is 0 Å². The number of benzene rings is 1. The number of fused-ring (bicyclic) bond motifs is 1. The average Bonchev–Trinajstić information content (AvgIpc) is 2.87. The monoisotopic (exact) mass is 379 g/mol. The first-order chi connectivity index (χ1) is 12.2. The van der Waals surface area contributed by atoms with Crippen LogP contribution in [0.1, 0.15) is 30.8 Å². The van der Waals surface area contributed by atoms with Crippen molar-refractivity contribution >= 4 is 40.3 Å². The molecular formula is C18H22ClN3O4. The molecule has 2 amide bonds. The molecular weight excluding hydrogens is 358 g/mol. The maximum absolute atomic E-state index is 12.7. The number of nitrogens with zero attached hydrogens (tertiary/aromatic N) is 1. The number of aliphatic carboxylic acids is 1. The molecule has 1 aromatic heterocycles. The van der Waals surface area contributed by atoms with Gasteiger partial charge in [-0.3, -0.25) is 14.4 Å². The Kier molecular flexibility index (Phi) is 6.26. The van der Waals surface area contributed by atoms with E-state index in [2.05, 4.69) is 10.6 Å². The van der Waals surface area contributed by atoms with E-state index in [1.165, 1.54) is 0 Å². The minimum atomic E-state index is -0.996. The predicted molar refractivity (Wildman–Crippen MR) is 99.3 cm³/mol. The summed E-state index contributed by atoms with van der Waals surface area (Å²) in [5.74, 6) is -1.94. The Morgan fingerprint density at radius 1 is 1.23 bits per heavy atom. The minimum absolute atomic E-state index is 0.0137. The first kappa shape index (κ1) is 19.8. The van der Waals surface area contributed by atoms with Crippen molar-refractivity contribution in [1.82, 2.24) is 15.2 Å². The number of carbonyl (C=O) groups excluding carboxylic acids is 2. The summed E-state index contributed by atoms with van der Waals surface area (Å²) >= 11 is 5.99. The summed E-state index contributed by atoms with van der Waals surface area (Å²) in [6, 6.07) is 6.30. The lowest BCUT2D eigenvalue weighted by Crippen LogP contribution is -2.50. The van der Waals surface area contributed by atoms with Crippen LogP contribution in [0, 0.1) is 5.92 Å². The summed E-state index contributed by atoms with van der Waals surface area (Å²) in [5.41, 5.74) is 1.26. The first-order valence-electron chi connectivity index (χ1n) is 8.26. The zero-order valence-electron chi connectivity index (χ0n) is 14.9. The second-order valence-corrected chi connectivity index (χ2v) is 6.86. The Morgan fingerprint density at radius 3 is 2.54 bits per heavy atom. The molecule has 0 bridgehead atoms. The van der Waals surface area contributed by atoms with Crippen molar-refractivity contribution in [2.24, 2.45) is 13.0 Å². The SMILES string of the molecule is CC(C)[C@H](NC(=O)c1cc2cc(Cl)ccc2n1C)C(=O)NCCC(=O)O. The molecule has 0 saturated heterocycles. The number of carboxylic acids is 1. The van der Waals surface area contributed by atoms with Gasteiger partial charge < -0.3 is 20.3 Å². The van der Waals surface area contributed by atoms with Gasteiger partial charge in [-0.15, -0.1) is 0 Å². The van der Waals surface area contributed by atoms with Crippen LogP contribution < -0.4 is 10.6 Å². The van der Waals surface area contributed by atoms with Gasteiger partial charge in [-0.05, 0) is 30.2 Å². The second-order valence-electron chi connectivity index (χ2n) is 6.42. The van der Waals surface area contributed by atoms with Crippen LogP contribution >= 0.6 is 11.6 Å². The van der Waals surface area contributed by atoms with E-state index in [1.807, 2.05) is 19.9 Å². The van der Waals surface area contributed by atoms with Crippen LogP contribution in [0.4, 0.5) is 0 Å². The van der Waals surface area contributed by atoms with E-state index < -0.39 is 17.9 Å². The van der Waals surface area contributed by atoms with Crippen molar-refractivity contribution in [3.8, 4) is 0 Å². The molecule has 8 heteroatoms. The van der Waals surface area contributed by atoms with Crippen molar-refractivity contribution in [2.45, 2.75) is 26.3 Å². The highest BCUT2D eigenvalue weighted by atomic mass is 35.5. The third kappa shape index (κ3) is 4.54. The summed E-state index contributed by atoms with van der Waals surface area (Å²) in [6.07, 6.45) is -0.172. The van der Waals surface area contributed by atoms with Gasteiger partial charge in [0.2, 0.25) is 5.91 Å². The molecule has 1 aromatic carbocycles. The van der Waals surface area contributed by atoms with Gasteiger partial charge in [0, 0.05) is 29.5 Å². The fourth-order valence-electron chi connectivity index (χ4n) is 2.69. The maximum Gasteiger partial charge on any atom is 0.305 e. The van der Waals surface area contributed by atoms with E-state index >= 15 is 0 Å². The van der Waals surface area contributed by atoms with Gasteiger partial charge in [0.25, 0.3) is 5.91 Å². The molecule has 26 heavy (non-hydrogen) atoms. The summed E-state index contributed by atoms with van der Waals surface area (Å²) in [4.78, 5) is 35.5. The van der Waals surface area contributed by atoms with E-state index in [-0.39, 0.29) is 24.8 Å². The molecule has 0 aliphatic heterocycles. The zero-order chi connectivity index (χ0) is 19.4. The molecule has 2 rings (SSSR count). The Hall–Kier alpha value is -2.54. The van der Waals surface area contributed by atoms with Gasteiger partial charge in [-0.1, -0.05) is 25.4 Å². The smallest absolute Gasteiger partial charge is 0.305 e. The van der Waals surface area contributed by atoms with Crippen molar-refractivity contribution in [2.75, 3.05) is 6.54 Å². The molecule has 1 atom stereocenters. The molecule has 2 aromatic rings. The number of aryl methyl sites for hydroxylation is 1. The Morgan fingerprint density at radius 2 is 1.92 bits per heavy atom.